The minimum Gasteiger partial charge on any atom is -0.474 e. The van der Waals surface area contributed by atoms with E-state index in [2.05, 4.69) is 15.3 Å². The number of amides is 1. The molecule has 1 aliphatic heterocycles. The maximum Gasteiger partial charge on any atom is 0.413 e. The molecule has 0 radical (unpaired) electrons. The first-order valence-electron chi connectivity index (χ1n) is 10.3. The summed E-state index contributed by atoms with van der Waals surface area (Å²) in [6, 6.07) is 2.85. The van der Waals surface area contributed by atoms with Gasteiger partial charge in [-0.15, -0.1) is 0 Å². The zero-order chi connectivity index (χ0) is 22.6. The molecule has 5 rings (SSSR count). The van der Waals surface area contributed by atoms with Crippen molar-refractivity contribution in [2.45, 2.75) is 31.9 Å². The van der Waals surface area contributed by atoms with Crippen LogP contribution in [0.2, 0.25) is 0 Å². The van der Waals surface area contributed by atoms with Crippen LogP contribution < -0.4 is 20.7 Å². The monoisotopic (exact) mass is 439 g/mol. The molecule has 2 aliphatic rings. The van der Waals surface area contributed by atoms with Crippen LogP contribution in [0, 0.1) is 12.7 Å². The number of anilines is 3. The number of nitrogens with one attached hydrogen (secondary N) is 1. The molecule has 1 aromatic carbocycles. The number of aromatic nitrogens is 2. The van der Waals surface area contributed by atoms with Gasteiger partial charge >= 0.3 is 6.09 Å². The number of aliphatic hydroxyl groups is 1. The average molecular weight is 439 g/mol. The molecule has 0 spiro atoms. The molecule has 1 amide bonds. The molecule has 0 saturated heterocycles. The van der Waals surface area contributed by atoms with Crippen LogP contribution >= 0.6 is 0 Å². The highest BCUT2D eigenvalue weighted by Crippen LogP contribution is 2.40. The normalized spacial score (nSPS) is 19.5. The number of nitrogens with two attached hydrogens (primary N) is 1. The number of nitrogens with zero attached hydrogens (tertiary/aromatic N) is 3. The summed E-state index contributed by atoms with van der Waals surface area (Å²) < 4.78 is 20.8. The quantitative estimate of drug-likeness (QED) is 0.458. The van der Waals surface area contributed by atoms with Crippen LogP contribution in [-0.2, 0) is 0 Å². The number of fused-ring (bicyclic) bond motifs is 2. The summed E-state index contributed by atoms with van der Waals surface area (Å²) in [5.74, 6) is 0.0815. The Hall–Kier alpha value is -3.66. The first-order valence-corrected chi connectivity index (χ1v) is 10.3. The van der Waals surface area contributed by atoms with E-state index in [1.807, 2.05) is 6.92 Å². The van der Waals surface area contributed by atoms with Crippen molar-refractivity contribution in [3.63, 3.8) is 0 Å². The second kappa shape index (κ2) is 7.49. The molecule has 0 atom stereocenters. The van der Waals surface area contributed by atoms with E-state index in [9.17, 15) is 15.0 Å². The van der Waals surface area contributed by atoms with Crippen LogP contribution in [0.5, 0.6) is 5.88 Å². The van der Waals surface area contributed by atoms with Gasteiger partial charge in [0.05, 0.1) is 11.8 Å². The fourth-order valence-corrected chi connectivity index (χ4v) is 4.32. The van der Waals surface area contributed by atoms with Gasteiger partial charge < -0.3 is 26.0 Å². The van der Waals surface area contributed by atoms with Crippen LogP contribution in [0.1, 0.15) is 18.4 Å². The number of nitrogen functional groups attached to an aromatic ring is 1. The van der Waals surface area contributed by atoms with E-state index in [1.165, 1.54) is 6.20 Å². The first-order chi connectivity index (χ1) is 15.3. The number of aliphatic hydroxyl groups excluding tert-OH is 1. The van der Waals surface area contributed by atoms with Gasteiger partial charge in [-0.2, -0.15) is 0 Å². The second-order valence-corrected chi connectivity index (χ2v) is 8.10. The molecule has 3 heterocycles. The Labute approximate surface area is 182 Å². The SMILES string of the molecule is Cc1c(-c2cc3cc(N(C(=O)O)[C@H]4C[C@H](O)C4)ncc3c(N)c2F)cnc2c1NCCO2. The standard InChI is InChI=1S/C22H22FN5O4/c1-10-15(8-27-21-20(10)25-2-3-32-21)14-4-11-5-17(26-9-16(11)19(24)18(14)23)28(22(30)31)12-6-13(29)7-12/h4-5,8-9,12-13,25,29H,2-3,6-7,24H2,1H3,(H,30,31)/t12-,13-. The summed E-state index contributed by atoms with van der Waals surface area (Å²) in [4.78, 5) is 21.5. The number of carboxylic acid groups (broad SMARTS) is 1. The molecule has 1 aliphatic carbocycles. The molecule has 32 heavy (non-hydrogen) atoms. The Balaban J connectivity index is 1.64. The van der Waals surface area contributed by atoms with Crippen LogP contribution in [0.4, 0.5) is 26.4 Å². The summed E-state index contributed by atoms with van der Waals surface area (Å²) in [5, 5.41) is 23.5. The molecule has 0 unspecified atom stereocenters. The van der Waals surface area contributed by atoms with E-state index in [-0.39, 0.29) is 23.1 Å². The van der Waals surface area contributed by atoms with Gasteiger partial charge in [0, 0.05) is 41.5 Å². The summed E-state index contributed by atoms with van der Waals surface area (Å²) in [6.45, 7) is 2.98. The molecular formula is C22H22FN5O4. The Kier molecular flexibility index (Phi) is 4.74. The third-order valence-electron chi connectivity index (χ3n) is 6.13. The smallest absolute Gasteiger partial charge is 0.413 e. The Morgan fingerprint density at radius 1 is 1.28 bits per heavy atom. The lowest BCUT2D eigenvalue weighted by molar-refractivity contribution is 0.0725. The summed E-state index contributed by atoms with van der Waals surface area (Å²) >= 11 is 0. The van der Waals surface area contributed by atoms with E-state index in [1.54, 1.807) is 18.3 Å². The number of rotatable bonds is 3. The molecule has 166 valence electrons. The molecular weight excluding hydrogens is 417 g/mol. The zero-order valence-electron chi connectivity index (χ0n) is 17.3. The fourth-order valence-electron chi connectivity index (χ4n) is 4.32. The van der Waals surface area contributed by atoms with Gasteiger partial charge in [-0.3, -0.25) is 4.90 Å². The van der Waals surface area contributed by atoms with Crippen molar-refractivity contribution in [3.8, 4) is 17.0 Å². The third kappa shape index (κ3) is 3.14. The van der Waals surface area contributed by atoms with Crippen molar-refractivity contribution >= 4 is 34.1 Å². The van der Waals surface area contributed by atoms with E-state index in [0.717, 1.165) is 10.5 Å². The van der Waals surface area contributed by atoms with Crippen molar-refractivity contribution < 1.29 is 24.1 Å². The van der Waals surface area contributed by atoms with E-state index >= 15 is 4.39 Å². The van der Waals surface area contributed by atoms with Gasteiger partial charge in [-0.25, -0.2) is 19.2 Å². The van der Waals surface area contributed by atoms with Crippen LogP contribution in [0.25, 0.3) is 21.9 Å². The van der Waals surface area contributed by atoms with Crippen LogP contribution in [0.15, 0.2) is 24.5 Å². The molecule has 5 N–H and O–H groups in total. The Morgan fingerprint density at radius 3 is 2.78 bits per heavy atom. The lowest BCUT2D eigenvalue weighted by Gasteiger charge is -2.38. The van der Waals surface area contributed by atoms with E-state index in [4.69, 9.17) is 10.5 Å². The van der Waals surface area contributed by atoms with Crippen LogP contribution in [0.3, 0.4) is 0 Å². The maximum atomic E-state index is 15.3. The predicted octanol–water partition coefficient (Wildman–Crippen LogP) is 3.14. The topological polar surface area (TPSA) is 134 Å². The second-order valence-electron chi connectivity index (χ2n) is 8.10. The number of hydrogen-bond donors (Lipinski definition) is 4. The lowest BCUT2D eigenvalue weighted by Crippen LogP contribution is -2.50. The number of benzene rings is 1. The van der Waals surface area contributed by atoms with Gasteiger partial charge in [0.2, 0.25) is 5.88 Å². The molecule has 1 saturated carbocycles. The van der Waals surface area contributed by atoms with E-state index in [0.29, 0.717) is 53.9 Å². The molecule has 10 heteroatoms. The third-order valence-corrected chi connectivity index (χ3v) is 6.13. The van der Waals surface area contributed by atoms with Gasteiger partial charge in [0.25, 0.3) is 0 Å². The van der Waals surface area contributed by atoms with Crippen molar-refractivity contribution in [1.82, 2.24) is 9.97 Å². The van der Waals surface area contributed by atoms with Crippen molar-refractivity contribution in [1.29, 1.82) is 0 Å². The van der Waals surface area contributed by atoms with Crippen molar-refractivity contribution in [2.75, 3.05) is 29.1 Å². The Morgan fingerprint density at radius 2 is 2.06 bits per heavy atom. The summed E-state index contributed by atoms with van der Waals surface area (Å²) in [5.41, 5.74) is 8.34. The molecule has 2 aromatic heterocycles. The fraction of sp³-hybridized carbons (Fsp3) is 0.318. The highest BCUT2D eigenvalue weighted by atomic mass is 19.1. The van der Waals surface area contributed by atoms with E-state index < -0.39 is 18.0 Å². The Bertz CT molecular complexity index is 1240. The molecule has 0 bridgehead atoms. The van der Waals surface area contributed by atoms with Crippen molar-refractivity contribution in [3.05, 3.63) is 35.9 Å². The number of halogens is 1. The van der Waals surface area contributed by atoms with Gasteiger partial charge in [0.15, 0.2) is 5.82 Å². The predicted molar refractivity (Wildman–Crippen MR) is 118 cm³/mol. The van der Waals surface area contributed by atoms with Crippen molar-refractivity contribution in [2.24, 2.45) is 0 Å². The lowest BCUT2D eigenvalue weighted by atomic mass is 9.88. The molecule has 1 fully saturated rings. The average Bonchev–Trinajstić information content (AvgIpc) is 2.76. The summed E-state index contributed by atoms with van der Waals surface area (Å²) in [6.07, 6.45) is 1.94. The van der Waals surface area contributed by atoms with Gasteiger partial charge in [-0.05, 0) is 42.8 Å². The first kappa shape index (κ1) is 20.3. The zero-order valence-corrected chi connectivity index (χ0v) is 17.3. The minimum atomic E-state index is -1.16. The highest BCUT2D eigenvalue weighted by molar-refractivity contribution is 5.99. The number of ether oxygens (including phenoxy) is 1. The largest absolute Gasteiger partial charge is 0.474 e. The molecule has 9 nitrogen and oxygen atoms in total. The number of pyridine rings is 2. The highest BCUT2D eigenvalue weighted by Gasteiger charge is 2.36. The maximum absolute atomic E-state index is 15.3. The van der Waals surface area contributed by atoms with Gasteiger partial charge in [0.1, 0.15) is 18.1 Å². The number of hydrogen-bond acceptors (Lipinski definition) is 7. The number of carbonyl (C=O) groups is 1. The minimum absolute atomic E-state index is 0.0705. The van der Waals surface area contributed by atoms with Crippen LogP contribution in [-0.4, -0.2) is 51.6 Å². The molecule has 3 aromatic rings. The summed E-state index contributed by atoms with van der Waals surface area (Å²) in [7, 11) is 0. The van der Waals surface area contributed by atoms with Gasteiger partial charge in [-0.1, -0.05) is 0 Å².